The molecule has 6 nitrogen and oxygen atoms in total. The number of aliphatic hydroxyl groups is 3. The molecule has 0 aromatic heterocycles. The number of amides is 1. The zero-order valence-corrected chi connectivity index (χ0v) is 8.44. The first kappa shape index (κ1) is 12.8. The van der Waals surface area contributed by atoms with E-state index in [1.165, 1.54) is 0 Å². The van der Waals surface area contributed by atoms with E-state index in [-0.39, 0.29) is 11.8 Å². The highest BCUT2D eigenvalue weighted by Crippen LogP contribution is 2.06. The highest BCUT2D eigenvalue weighted by Gasteiger charge is 2.25. The van der Waals surface area contributed by atoms with E-state index in [1.54, 1.807) is 5.43 Å². The Kier molecular flexibility index (Phi) is 6.17. The third-order valence-electron chi connectivity index (χ3n) is 1.50. The molecule has 3 atom stereocenters. The number of hydrogen-bond donors (Lipinski definition) is 5. The van der Waals surface area contributed by atoms with Gasteiger partial charge in [0.15, 0.2) is 0 Å². The van der Waals surface area contributed by atoms with Crippen LogP contribution < -0.4 is 11.3 Å². The Morgan fingerprint density at radius 3 is 2.31 bits per heavy atom. The molecule has 0 aliphatic heterocycles. The van der Waals surface area contributed by atoms with Crippen molar-refractivity contribution in [1.29, 1.82) is 0 Å². The van der Waals surface area contributed by atoms with Gasteiger partial charge in [-0.2, -0.15) is 0 Å². The molecular formula is C6H13BrN2O4. The molecule has 0 aromatic rings. The Morgan fingerprint density at radius 1 is 1.38 bits per heavy atom. The maximum absolute atomic E-state index is 10.6. The summed E-state index contributed by atoms with van der Waals surface area (Å²) in [6.45, 7) is 0. The van der Waals surface area contributed by atoms with Gasteiger partial charge in [0, 0.05) is 5.33 Å². The van der Waals surface area contributed by atoms with E-state index in [4.69, 9.17) is 10.9 Å². The summed E-state index contributed by atoms with van der Waals surface area (Å²) in [5.41, 5.74) is 1.80. The van der Waals surface area contributed by atoms with Crippen LogP contribution in [0, 0.1) is 0 Å². The normalized spacial score (nSPS) is 17.6. The summed E-state index contributed by atoms with van der Waals surface area (Å²) in [5.74, 6) is 4.16. The number of alkyl halides is 1. The van der Waals surface area contributed by atoms with Crippen LogP contribution in [0.3, 0.4) is 0 Å². The second kappa shape index (κ2) is 6.28. The van der Waals surface area contributed by atoms with Gasteiger partial charge in [0.2, 0.25) is 5.91 Å². The van der Waals surface area contributed by atoms with Gasteiger partial charge in [0.05, 0.1) is 18.6 Å². The van der Waals surface area contributed by atoms with Gasteiger partial charge in [-0.05, 0) is 0 Å². The maximum Gasteiger partial charge on any atom is 0.236 e. The number of hydrazine groups is 1. The standard InChI is InChI=1S/C6H13BrN2O4/c7-2-4(11)6(13)3(10)1-5(12)9-8/h3-4,6,10-11,13H,1-2,8H2,(H,9,12). The Labute approximate surface area is 83.8 Å². The average Bonchev–Trinajstić information content (AvgIpc) is 2.14. The van der Waals surface area contributed by atoms with E-state index in [0.29, 0.717) is 0 Å². The molecule has 0 saturated carbocycles. The molecule has 0 rings (SSSR count). The Morgan fingerprint density at radius 2 is 1.92 bits per heavy atom. The maximum atomic E-state index is 10.6. The minimum atomic E-state index is -1.36. The van der Waals surface area contributed by atoms with Gasteiger partial charge in [0.25, 0.3) is 0 Å². The summed E-state index contributed by atoms with van der Waals surface area (Å²) < 4.78 is 0. The number of aliphatic hydroxyl groups excluding tert-OH is 3. The first-order valence-corrected chi connectivity index (χ1v) is 4.74. The zero-order chi connectivity index (χ0) is 10.4. The van der Waals surface area contributed by atoms with Crippen molar-refractivity contribution in [2.75, 3.05) is 5.33 Å². The Hall–Kier alpha value is -0.210. The fraction of sp³-hybridized carbons (Fsp3) is 0.833. The number of rotatable bonds is 5. The first-order chi connectivity index (χ1) is 6.02. The van der Waals surface area contributed by atoms with Crippen LogP contribution in [0.25, 0.3) is 0 Å². The molecule has 0 aliphatic rings. The molecular weight excluding hydrogens is 244 g/mol. The molecule has 78 valence electrons. The van der Waals surface area contributed by atoms with Gasteiger partial charge in [-0.3, -0.25) is 10.2 Å². The molecule has 0 aromatic carbocycles. The summed E-state index contributed by atoms with van der Waals surface area (Å²) in [7, 11) is 0. The van der Waals surface area contributed by atoms with Crippen molar-refractivity contribution in [3.05, 3.63) is 0 Å². The lowest BCUT2D eigenvalue weighted by atomic mass is 10.1. The predicted octanol–water partition coefficient (Wildman–Crippen LogP) is -2.16. The van der Waals surface area contributed by atoms with E-state index in [1.807, 2.05) is 0 Å². The van der Waals surface area contributed by atoms with Crippen LogP contribution >= 0.6 is 15.9 Å². The monoisotopic (exact) mass is 256 g/mol. The summed E-state index contributed by atoms with van der Waals surface area (Å²) in [6, 6.07) is 0. The predicted molar refractivity (Wildman–Crippen MR) is 48.8 cm³/mol. The number of nitrogens with one attached hydrogen (secondary N) is 1. The van der Waals surface area contributed by atoms with Crippen molar-refractivity contribution < 1.29 is 20.1 Å². The molecule has 0 fully saturated rings. The van der Waals surface area contributed by atoms with E-state index in [2.05, 4.69) is 15.9 Å². The summed E-state index contributed by atoms with van der Waals surface area (Å²) in [6.07, 6.45) is -4.14. The highest BCUT2D eigenvalue weighted by molar-refractivity contribution is 9.09. The van der Waals surface area contributed by atoms with Crippen LogP contribution in [-0.2, 0) is 4.79 Å². The molecule has 0 heterocycles. The molecule has 6 N–H and O–H groups in total. The molecule has 0 saturated heterocycles. The van der Waals surface area contributed by atoms with E-state index in [0.717, 1.165) is 0 Å². The van der Waals surface area contributed by atoms with Crippen LogP contribution in [0.1, 0.15) is 6.42 Å². The van der Waals surface area contributed by atoms with Crippen molar-refractivity contribution in [2.24, 2.45) is 5.84 Å². The third-order valence-corrected chi connectivity index (χ3v) is 2.17. The fourth-order valence-corrected chi connectivity index (χ4v) is 1.10. The topological polar surface area (TPSA) is 116 Å². The molecule has 0 spiro atoms. The van der Waals surface area contributed by atoms with Crippen LogP contribution in [-0.4, -0.2) is 44.9 Å². The largest absolute Gasteiger partial charge is 0.390 e. The number of halogens is 1. The highest BCUT2D eigenvalue weighted by atomic mass is 79.9. The summed E-state index contributed by atoms with van der Waals surface area (Å²) in [4.78, 5) is 10.6. The van der Waals surface area contributed by atoms with Gasteiger partial charge < -0.3 is 15.3 Å². The second-order valence-electron chi connectivity index (χ2n) is 2.55. The minimum absolute atomic E-state index is 0.121. The summed E-state index contributed by atoms with van der Waals surface area (Å²) in [5, 5.41) is 27.5. The fourth-order valence-electron chi connectivity index (χ4n) is 0.717. The number of carbonyl (C=O) groups is 1. The number of carbonyl (C=O) groups excluding carboxylic acids is 1. The SMILES string of the molecule is NNC(=O)CC(O)C(O)C(O)CBr. The second-order valence-corrected chi connectivity index (χ2v) is 3.20. The molecule has 3 unspecified atom stereocenters. The smallest absolute Gasteiger partial charge is 0.236 e. The van der Waals surface area contributed by atoms with E-state index in [9.17, 15) is 15.0 Å². The van der Waals surface area contributed by atoms with Crippen LogP contribution in [0.4, 0.5) is 0 Å². The van der Waals surface area contributed by atoms with Gasteiger partial charge in [-0.25, -0.2) is 5.84 Å². The van der Waals surface area contributed by atoms with E-state index >= 15 is 0 Å². The van der Waals surface area contributed by atoms with Crippen molar-refractivity contribution in [1.82, 2.24) is 5.43 Å². The number of nitrogens with two attached hydrogens (primary N) is 1. The number of hydrogen-bond acceptors (Lipinski definition) is 5. The van der Waals surface area contributed by atoms with Crippen molar-refractivity contribution in [3.8, 4) is 0 Å². The molecule has 13 heavy (non-hydrogen) atoms. The lowest BCUT2D eigenvalue weighted by Crippen LogP contribution is -2.42. The lowest BCUT2D eigenvalue weighted by Gasteiger charge is -2.20. The van der Waals surface area contributed by atoms with Crippen molar-refractivity contribution >= 4 is 21.8 Å². The van der Waals surface area contributed by atoms with Gasteiger partial charge in [0.1, 0.15) is 6.10 Å². The lowest BCUT2D eigenvalue weighted by molar-refractivity contribution is -0.126. The van der Waals surface area contributed by atoms with Crippen LogP contribution in [0.15, 0.2) is 0 Å². The minimum Gasteiger partial charge on any atom is -0.390 e. The quantitative estimate of drug-likeness (QED) is 0.166. The molecule has 0 radical (unpaired) electrons. The molecule has 7 heteroatoms. The summed E-state index contributed by atoms with van der Waals surface area (Å²) >= 11 is 2.92. The van der Waals surface area contributed by atoms with E-state index < -0.39 is 24.2 Å². The van der Waals surface area contributed by atoms with Gasteiger partial charge in [-0.1, -0.05) is 15.9 Å². The molecule has 0 bridgehead atoms. The van der Waals surface area contributed by atoms with Gasteiger partial charge in [-0.15, -0.1) is 0 Å². The van der Waals surface area contributed by atoms with Crippen LogP contribution in [0.5, 0.6) is 0 Å². The molecule has 0 aliphatic carbocycles. The van der Waals surface area contributed by atoms with Crippen molar-refractivity contribution in [3.63, 3.8) is 0 Å². The average molecular weight is 257 g/mol. The Bertz CT molecular complexity index is 169. The van der Waals surface area contributed by atoms with Crippen molar-refractivity contribution in [2.45, 2.75) is 24.7 Å². The Balaban J connectivity index is 3.95. The first-order valence-electron chi connectivity index (χ1n) is 3.62. The molecule has 1 amide bonds. The third kappa shape index (κ3) is 4.53. The zero-order valence-electron chi connectivity index (χ0n) is 6.85. The van der Waals surface area contributed by atoms with Crippen LogP contribution in [0.2, 0.25) is 0 Å². The van der Waals surface area contributed by atoms with Gasteiger partial charge >= 0.3 is 0 Å².